The largest absolute Gasteiger partial charge is 0.383 e. The van der Waals surface area contributed by atoms with E-state index >= 15 is 0 Å². The summed E-state index contributed by atoms with van der Waals surface area (Å²) in [6.45, 7) is 0. The number of anilines is 3. The highest BCUT2D eigenvalue weighted by Gasteiger charge is 2.36. The molecule has 1 unspecified atom stereocenters. The van der Waals surface area contributed by atoms with Gasteiger partial charge in [-0.05, 0) is 0 Å². The summed E-state index contributed by atoms with van der Waals surface area (Å²) in [5, 5.41) is 2.81. The van der Waals surface area contributed by atoms with E-state index in [9.17, 15) is 9.59 Å². The Morgan fingerprint density at radius 2 is 2.12 bits per heavy atom. The highest BCUT2D eigenvalue weighted by Crippen LogP contribution is 2.17. The topological polar surface area (TPSA) is 127 Å². The molecule has 1 aromatic heterocycles. The lowest BCUT2D eigenvalue weighted by atomic mass is 10.2. The zero-order valence-corrected chi connectivity index (χ0v) is 9.17. The van der Waals surface area contributed by atoms with Crippen LogP contribution in [0.3, 0.4) is 0 Å². The first-order valence-corrected chi connectivity index (χ1v) is 4.94. The molecule has 1 aliphatic rings. The first kappa shape index (κ1) is 11.1. The van der Waals surface area contributed by atoms with Gasteiger partial charge in [0.1, 0.15) is 17.7 Å². The molecule has 17 heavy (non-hydrogen) atoms. The van der Waals surface area contributed by atoms with E-state index in [2.05, 4.69) is 15.3 Å². The number of amides is 2. The number of aromatic nitrogens is 2. The van der Waals surface area contributed by atoms with Gasteiger partial charge in [0.25, 0.3) is 5.91 Å². The number of nitrogens with two attached hydrogens (primary N) is 2. The van der Waals surface area contributed by atoms with Crippen molar-refractivity contribution in [1.29, 1.82) is 0 Å². The number of rotatable bonds is 2. The van der Waals surface area contributed by atoms with Crippen molar-refractivity contribution in [2.45, 2.75) is 12.5 Å². The van der Waals surface area contributed by atoms with Crippen molar-refractivity contribution in [3.05, 3.63) is 6.07 Å². The Bertz CT molecular complexity index is 468. The summed E-state index contributed by atoms with van der Waals surface area (Å²) in [7, 11) is 1.44. The summed E-state index contributed by atoms with van der Waals surface area (Å²) in [6, 6.07) is 0.827. The Labute approximate surface area is 97.0 Å². The fraction of sp³-hybridized carbons (Fsp3) is 0.333. The van der Waals surface area contributed by atoms with Gasteiger partial charge in [0, 0.05) is 13.1 Å². The average Bonchev–Trinajstić information content (AvgIpc) is 2.45. The summed E-state index contributed by atoms with van der Waals surface area (Å²) < 4.78 is 0. The molecule has 5 N–H and O–H groups in total. The normalized spacial score (nSPS) is 19.8. The smallest absolute Gasteiger partial charge is 0.251 e. The van der Waals surface area contributed by atoms with Gasteiger partial charge < -0.3 is 16.8 Å². The molecule has 1 aromatic rings. The maximum Gasteiger partial charge on any atom is 0.251 e. The fourth-order valence-corrected chi connectivity index (χ4v) is 1.61. The minimum atomic E-state index is -0.624. The Morgan fingerprint density at radius 1 is 1.41 bits per heavy atom. The highest BCUT2D eigenvalue weighted by molar-refractivity contribution is 6.06. The number of likely N-dealkylation sites (N-methyl/N-ethyl adjacent to an activating group) is 1. The van der Waals surface area contributed by atoms with Crippen molar-refractivity contribution in [3.8, 4) is 0 Å². The van der Waals surface area contributed by atoms with Crippen LogP contribution in [0.1, 0.15) is 6.42 Å². The van der Waals surface area contributed by atoms with E-state index in [0.717, 1.165) is 4.90 Å². The van der Waals surface area contributed by atoms with Crippen LogP contribution in [0.25, 0.3) is 0 Å². The summed E-state index contributed by atoms with van der Waals surface area (Å²) >= 11 is 0. The highest BCUT2D eigenvalue weighted by atomic mass is 16.2. The maximum atomic E-state index is 11.6. The third kappa shape index (κ3) is 2.10. The number of imide groups is 1. The molecule has 1 saturated heterocycles. The standard InChI is InChI=1S/C9H12N6O2/c1-15-7(16)2-4(8(15)17)12-6-3-5(10)13-9(11)14-6/h3-4H,2H2,1H3,(H5,10,11,12,13,14). The Balaban J connectivity index is 2.16. The Kier molecular flexibility index (Phi) is 2.54. The molecule has 8 heteroatoms. The summed E-state index contributed by atoms with van der Waals surface area (Å²) in [6.07, 6.45) is 0.0964. The zero-order valence-electron chi connectivity index (χ0n) is 9.17. The summed E-state index contributed by atoms with van der Waals surface area (Å²) in [4.78, 5) is 31.6. The first-order chi connectivity index (χ1) is 7.97. The molecule has 0 spiro atoms. The number of nitrogen functional groups attached to an aromatic ring is 2. The molecular formula is C9H12N6O2. The van der Waals surface area contributed by atoms with Crippen LogP contribution < -0.4 is 16.8 Å². The Hall–Kier alpha value is -2.38. The number of hydrogen-bond donors (Lipinski definition) is 3. The van der Waals surface area contributed by atoms with Crippen LogP contribution in [0.5, 0.6) is 0 Å². The van der Waals surface area contributed by atoms with Crippen molar-refractivity contribution in [1.82, 2.24) is 14.9 Å². The molecule has 0 radical (unpaired) electrons. The van der Waals surface area contributed by atoms with Gasteiger partial charge in [0.15, 0.2) is 0 Å². The van der Waals surface area contributed by atoms with Gasteiger partial charge in [-0.15, -0.1) is 0 Å². The van der Waals surface area contributed by atoms with Gasteiger partial charge >= 0.3 is 0 Å². The number of carbonyl (C=O) groups excluding carboxylic acids is 2. The zero-order chi connectivity index (χ0) is 12.6. The van der Waals surface area contributed by atoms with Crippen LogP contribution in [0.4, 0.5) is 17.6 Å². The van der Waals surface area contributed by atoms with E-state index in [1.165, 1.54) is 13.1 Å². The predicted octanol–water partition coefficient (Wildman–Crippen LogP) is -1.19. The maximum absolute atomic E-state index is 11.6. The van der Waals surface area contributed by atoms with Crippen LogP contribution in [0.15, 0.2) is 6.07 Å². The van der Waals surface area contributed by atoms with Crippen molar-refractivity contribution in [2.75, 3.05) is 23.8 Å². The molecule has 1 atom stereocenters. The molecule has 0 aliphatic carbocycles. The molecule has 0 aromatic carbocycles. The lowest BCUT2D eigenvalue weighted by molar-refractivity contribution is -0.136. The molecule has 90 valence electrons. The van der Waals surface area contributed by atoms with E-state index in [1.807, 2.05) is 0 Å². The second kappa shape index (κ2) is 3.89. The average molecular weight is 236 g/mol. The molecule has 2 rings (SSSR count). The van der Waals surface area contributed by atoms with Crippen LogP contribution >= 0.6 is 0 Å². The van der Waals surface area contributed by atoms with Gasteiger partial charge in [0.05, 0.1) is 6.42 Å². The number of likely N-dealkylation sites (tertiary alicyclic amines) is 1. The SMILES string of the molecule is CN1C(=O)CC(Nc2cc(N)nc(N)n2)C1=O. The summed E-state index contributed by atoms with van der Waals surface area (Å²) in [5.74, 6) is 0.00691. The first-order valence-electron chi connectivity index (χ1n) is 4.94. The molecular weight excluding hydrogens is 224 g/mol. The fourth-order valence-electron chi connectivity index (χ4n) is 1.61. The molecule has 1 fully saturated rings. The van der Waals surface area contributed by atoms with Crippen LogP contribution in [0, 0.1) is 0 Å². The lowest BCUT2D eigenvalue weighted by Crippen LogP contribution is -2.32. The van der Waals surface area contributed by atoms with E-state index in [0.29, 0.717) is 5.82 Å². The third-order valence-corrected chi connectivity index (χ3v) is 2.47. The van der Waals surface area contributed by atoms with E-state index in [-0.39, 0.29) is 30.0 Å². The van der Waals surface area contributed by atoms with Crippen molar-refractivity contribution in [2.24, 2.45) is 0 Å². The summed E-state index contributed by atoms with van der Waals surface area (Å²) in [5.41, 5.74) is 10.9. The molecule has 0 bridgehead atoms. The third-order valence-electron chi connectivity index (χ3n) is 2.47. The lowest BCUT2D eigenvalue weighted by Gasteiger charge is -2.11. The van der Waals surface area contributed by atoms with Crippen LogP contribution in [-0.2, 0) is 9.59 Å². The van der Waals surface area contributed by atoms with E-state index in [4.69, 9.17) is 11.5 Å². The van der Waals surface area contributed by atoms with Gasteiger partial charge in [-0.1, -0.05) is 0 Å². The molecule has 2 amide bonds. The molecule has 2 heterocycles. The van der Waals surface area contributed by atoms with Crippen molar-refractivity contribution < 1.29 is 9.59 Å². The van der Waals surface area contributed by atoms with Crippen LogP contribution in [-0.4, -0.2) is 39.8 Å². The van der Waals surface area contributed by atoms with Gasteiger partial charge in [-0.25, -0.2) is 0 Å². The molecule has 1 aliphatic heterocycles. The van der Waals surface area contributed by atoms with Crippen molar-refractivity contribution in [3.63, 3.8) is 0 Å². The monoisotopic (exact) mass is 236 g/mol. The second-order valence-electron chi connectivity index (χ2n) is 3.73. The number of nitrogens with zero attached hydrogens (tertiary/aromatic N) is 3. The predicted molar refractivity (Wildman–Crippen MR) is 60.7 cm³/mol. The quantitative estimate of drug-likeness (QED) is 0.551. The second-order valence-corrected chi connectivity index (χ2v) is 3.73. The molecule has 0 saturated carbocycles. The van der Waals surface area contributed by atoms with Gasteiger partial charge in [-0.2, -0.15) is 9.97 Å². The Morgan fingerprint density at radius 3 is 2.65 bits per heavy atom. The minimum Gasteiger partial charge on any atom is -0.383 e. The number of hydrogen-bond acceptors (Lipinski definition) is 7. The number of carbonyl (C=O) groups is 2. The number of nitrogens with one attached hydrogen (secondary N) is 1. The minimum absolute atomic E-state index is 0.0117. The van der Waals surface area contributed by atoms with Crippen LogP contribution in [0.2, 0.25) is 0 Å². The molecule has 8 nitrogen and oxygen atoms in total. The van der Waals surface area contributed by atoms with E-state index < -0.39 is 6.04 Å². The van der Waals surface area contributed by atoms with Crippen molar-refractivity contribution >= 4 is 29.4 Å². The van der Waals surface area contributed by atoms with Gasteiger partial charge in [-0.3, -0.25) is 14.5 Å². The van der Waals surface area contributed by atoms with Gasteiger partial charge in [0.2, 0.25) is 11.9 Å². The van der Waals surface area contributed by atoms with E-state index in [1.54, 1.807) is 0 Å².